The summed E-state index contributed by atoms with van der Waals surface area (Å²) in [7, 11) is 0. The van der Waals surface area contributed by atoms with E-state index in [2.05, 4.69) is 20.9 Å². The van der Waals surface area contributed by atoms with Crippen molar-refractivity contribution in [3.05, 3.63) is 64.8 Å². The number of alkyl halides is 1. The van der Waals surface area contributed by atoms with Crippen LogP contribution in [0.25, 0.3) is 10.9 Å². The second-order valence-corrected chi connectivity index (χ2v) is 5.70. The fourth-order valence-corrected chi connectivity index (χ4v) is 3.15. The van der Waals surface area contributed by atoms with Crippen molar-refractivity contribution in [3.63, 3.8) is 0 Å². The van der Waals surface area contributed by atoms with Crippen molar-refractivity contribution in [1.29, 1.82) is 0 Å². The van der Waals surface area contributed by atoms with Gasteiger partial charge in [0, 0.05) is 27.0 Å². The van der Waals surface area contributed by atoms with Crippen molar-refractivity contribution in [2.24, 2.45) is 0 Å². The summed E-state index contributed by atoms with van der Waals surface area (Å²) in [4.78, 5) is 4.58. The van der Waals surface area contributed by atoms with E-state index in [0.29, 0.717) is 10.4 Å². The van der Waals surface area contributed by atoms with E-state index < -0.39 is 0 Å². The number of rotatable bonds is 3. The Labute approximate surface area is 136 Å². The normalized spacial score (nSPS) is 10.8. The first kappa shape index (κ1) is 14.4. The Kier molecular flexibility index (Phi) is 4.13. The van der Waals surface area contributed by atoms with Crippen molar-refractivity contribution >= 4 is 38.4 Å². The average molecular weight is 363 g/mol. The van der Waals surface area contributed by atoms with Crippen LogP contribution in [-0.4, -0.2) is 4.98 Å². The molecule has 0 radical (unpaired) electrons. The molecule has 1 aromatic heterocycles. The largest absolute Gasteiger partial charge is 0.455 e. The second kappa shape index (κ2) is 6.04. The number of benzene rings is 2. The highest BCUT2D eigenvalue weighted by Crippen LogP contribution is 2.34. The van der Waals surface area contributed by atoms with Crippen LogP contribution in [0.1, 0.15) is 11.3 Å². The SMILES string of the molecule is Cc1ccc2cccc(Oc3cccc(Cl)c3CBr)c2n1. The lowest BCUT2D eigenvalue weighted by molar-refractivity contribution is 0.483. The smallest absolute Gasteiger partial charge is 0.153 e. The molecule has 2 aromatic carbocycles. The molecule has 0 atom stereocenters. The summed E-state index contributed by atoms with van der Waals surface area (Å²) in [5, 5.41) is 2.38. The highest BCUT2D eigenvalue weighted by atomic mass is 79.9. The van der Waals surface area contributed by atoms with Crippen molar-refractivity contribution in [1.82, 2.24) is 4.98 Å². The van der Waals surface area contributed by atoms with Gasteiger partial charge in [0.15, 0.2) is 5.75 Å². The number of hydrogen-bond acceptors (Lipinski definition) is 2. The quantitative estimate of drug-likeness (QED) is 0.542. The molecule has 3 rings (SSSR count). The van der Waals surface area contributed by atoms with Crippen molar-refractivity contribution in [3.8, 4) is 11.5 Å². The molecule has 1 heterocycles. The first-order chi connectivity index (χ1) is 10.2. The molecule has 0 spiro atoms. The molecule has 0 aliphatic rings. The van der Waals surface area contributed by atoms with Gasteiger partial charge in [0.2, 0.25) is 0 Å². The van der Waals surface area contributed by atoms with Crippen molar-refractivity contribution in [2.75, 3.05) is 0 Å². The Balaban J connectivity index is 2.10. The molecule has 0 aliphatic carbocycles. The summed E-state index contributed by atoms with van der Waals surface area (Å²) in [6.45, 7) is 1.97. The maximum atomic E-state index is 6.21. The van der Waals surface area contributed by atoms with Gasteiger partial charge >= 0.3 is 0 Å². The van der Waals surface area contributed by atoms with Crippen molar-refractivity contribution < 1.29 is 4.74 Å². The molecule has 0 N–H and O–H groups in total. The van der Waals surface area contributed by atoms with E-state index in [1.165, 1.54) is 0 Å². The number of fused-ring (bicyclic) bond motifs is 1. The Hall–Kier alpha value is -1.58. The number of nitrogens with zero attached hydrogens (tertiary/aromatic N) is 1. The molecule has 0 bridgehead atoms. The summed E-state index contributed by atoms with van der Waals surface area (Å²) in [5.74, 6) is 1.48. The molecule has 0 aliphatic heterocycles. The van der Waals surface area contributed by atoms with Crippen LogP contribution in [0.2, 0.25) is 5.02 Å². The lowest BCUT2D eigenvalue weighted by Gasteiger charge is -2.12. The molecule has 0 fully saturated rings. The first-order valence-corrected chi connectivity index (χ1v) is 8.06. The number of pyridine rings is 1. The molecular weight excluding hydrogens is 350 g/mol. The van der Waals surface area contributed by atoms with E-state index in [0.717, 1.165) is 33.7 Å². The molecule has 3 aromatic rings. The van der Waals surface area contributed by atoms with Crippen LogP contribution in [-0.2, 0) is 5.33 Å². The van der Waals surface area contributed by atoms with E-state index in [9.17, 15) is 0 Å². The summed E-state index contributed by atoms with van der Waals surface area (Å²) in [6.07, 6.45) is 0. The van der Waals surface area contributed by atoms with Crippen LogP contribution in [0, 0.1) is 6.92 Å². The Morgan fingerprint density at radius 2 is 1.81 bits per heavy atom. The molecule has 0 amide bonds. The van der Waals surface area contributed by atoms with E-state index in [-0.39, 0.29) is 0 Å². The Morgan fingerprint density at radius 1 is 1.05 bits per heavy atom. The first-order valence-electron chi connectivity index (χ1n) is 6.56. The molecule has 0 saturated carbocycles. The van der Waals surface area contributed by atoms with Gasteiger partial charge in [-0.05, 0) is 31.2 Å². The lowest BCUT2D eigenvalue weighted by atomic mass is 10.2. The van der Waals surface area contributed by atoms with Gasteiger partial charge in [0.25, 0.3) is 0 Å². The fourth-order valence-electron chi connectivity index (χ4n) is 2.18. The number of aromatic nitrogens is 1. The Bertz CT molecular complexity index is 804. The monoisotopic (exact) mass is 361 g/mol. The van der Waals surface area contributed by atoms with Crippen LogP contribution in [0.15, 0.2) is 48.5 Å². The maximum Gasteiger partial charge on any atom is 0.153 e. The fraction of sp³-hybridized carbons (Fsp3) is 0.118. The van der Waals surface area contributed by atoms with Gasteiger partial charge in [-0.25, -0.2) is 4.98 Å². The number of para-hydroxylation sites is 1. The van der Waals surface area contributed by atoms with Crippen LogP contribution in [0.4, 0.5) is 0 Å². The summed E-state index contributed by atoms with van der Waals surface area (Å²) in [5.41, 5.74) is 2.76. The minimum Gasteiger partial charge on any atom is -0.455 e. The minimum absolute atomic E-state index is 0.638. The number of halogens is 2. The van der Waals surface area contributed by atoms with Gasteiger partial charge in [0.05, 0.1) is 0 Å². The van der Waals surface area contributed by atoms with E-state index in [4.69, 9.17) is 16.3 Å². The van der Waals surface area contributed by atoms with Gasteiger partial charge in [-0.2, -0.15) is 0 Å². The van der Waals surface area contributed by atoms with Gasteiger partial charge in [-0.1, -0.05) is 51.8 Å². The highest BCUT2D eigenvalue weighted by molar-refractivity contribution is 9.08. The van der Waals surface area contributed by atoms with Crippen LogP contribution in [0.5, 0.6) is 11.5 Å². The van der Waals surface area contributed by atoms with Crippen LogP contribution in [0.3, 0.4) is 0 Å². The molecule has 4 heteroatoms. The third kappa shape index (κ3) is 2.89. The third-order valence-electron chi connectivity index (χ3n) is 3.25. The topological polar surface area (TPSA) is 22.1 Å². The summed E-state index contributed by atoms with van der Waals surface area (Å²) < 4.78 is 6.07. The predicted molar refractivity (Wildman–Crippen MR) is 90.6 cm³/mol. The molecule has 2 nitrogen and oxygen atoms in total. The summed E-state index contributed by atoms with van der Waals surface area (Å²) in [6, 6.07) is 15.6. The van der Waals surface area contributed by atoms with Gasteiger partial charge in [-0.15, -0.1) is 0 Å². The molecular formula is C17H13BrClNO. The van der Waals surface area contributed by atoms with Gasteiger partial charge < -0.3 is 4.74 Å². The van der Waals surface area contributed by atoms with Gasteiger partial charge in [-0.3, -0.25) is 0 Å². The average Bonchev–Trinajstić information content (AvgIpc) is 2.48. The van der Waals surface area contributed by atoms with Crippen molar-refractivity contribution in [2.45, 2.75) is 12.3 Å². The second-order valence-electron chi connectivity index (χ2n) is 4.73. The highest BCUT2D eigenvalue weighted by Gasteiger charge is 2.10. The number of hydrogen-bond donors (Lipinski definition) is 0. The van der Waals surface area contributed by atoms with E-state index in [1.807, 2.05) is 55.5 Å². The molecule has 106 valence electrons. The zero-order valence-corrected chi connectivity index (χ0v) is 13.8. The van der Waals surface area contributed by atoms with E-state index >= 15 is 0 Å². The zero-order chi connectivity index (χ0) is 14.8. The minimum atomic E-state index is 0.638. The number of aryl methyl sites for hydroxylation is 1. The standard InChI is InChI=1S/C17H13BrClNO/c1-11-8-9-12-4-2-7-16(17(12)20-11)21-15-6-3-5-14(19)13(15)10-18/h2-9H,10H2,1H3. The maximum absolute atomic E-state index is 6.21. The van der Waals surface area contributed by atoms with Crippen LogP contribution >= 0.6 is 27.5 Å². The summed E-state index contributed by atoms with van der Waals surface area (Å²) >= 11 is 9.67. The number of ether oxygens (including phenoxy) is 1. The Morgan fingerprint density at radius 3 is 2.62 bits per heavy atom. The molecule has 0 unspecified atom stereocenters. The molecule has 0 saturated heterocycles. The zero-order valence-electron chi connectivity index (χ0n) is 11.4. The van der Waals surface area contributed by atoms with Crippen LogP contribution < -0.4 is 4.74 Å². The van der Waals surface area contributed by atoms with Gasteiger partial charge in [0.1, 0.15) is 11.3 Å². The molecule has 21 heavy (non-hydrogen) atoms. The van der Waals surface area contributed by atoms with E-state index in [1.54, 1.807) is 0 Å². The predicted octanol–water partition coefficient (Wildman–Crippen LogP) is 5.88. The third-order valence-corrected chi connectivity index (χ3v) is 4.17. The lowest BCUT2D eigenvalue weighted by Crippen LogP contribution is -1.93.